The molecule has 0 aromatic heterocycles. The molecule has 1 aliphatic heterocycles. The van der Waals surface area contributed by atoms with Crippen LogP contribution < -0.4 is 15.2 Å². The molecule has 2 N–H and O–H groups in total. The van der Waals surface area contributed by atoms with Crippen LogP contribution >= 0.6 is 23.2 Å². The van der Waals surface area contributed by atoms with E-state index in [0.29, 0.717) is 32.7 Å². The third kappa shape index (κ3) is 2.59. The Morgan fingerprint density at radius 3 is 2.70 bits per heavy atom. The lowest BCUT2D eigenvalue weighted by molar-refractivity contribution is 0.381. The SMILES string of the molecule is COc1ccc2c(c1)OC(N)=C(C#N)[C@H]2c1cccc(Cl)c1Cl. The zero-order valence-electron chi connectivity index (χ0n) is 12.1. The summed E-state index contributed by atoms with van der Waals surface area (Å²) in [6.45, 7) is 0. The average Bonchev–Trinajstić information content (AvgIpc) is 2.55. The summed E-state index contributed by atoms with van der Waals surface area (Å²) in [7, 11) is 1.57. The second-order valence-corrected chi connectivity index (χ2v) is 5.76. The van der Waals surface area contributed by atoms with Crippen LogP contribution in [0.15, 0.2) is 47.9 Å². The number of rotatable bonds is 2. The summed E-state index contributed by atoms with van der Waals surface area (Å²) < 4.78 is 10.8. The average molecular weight is 347 g/mol. The Hall–Kier alpha value is -2.35. The normalized spacial score (nSPS) is 16.3. The first-order valence-electron chi connectivity index (χ1n) is 6.76. The van der Waals surface area contributed by atoms with E-state index in [1.54, 1.807) is 31.4 Å². The fourth-order valence-corrected chi connectivity index (χ4v) is 3.04. The van der Waals surface area contributed by atoms with Gasteiger partial charge in [-0.25, -0.2) is 0 Å². The molecular formula is C17H12Cl2N2O2. The van der Waals surface area contributed by atoms with Crippen LogP contribution in [0.25, 0.3) is 0 Å². The molecule has 6 heteroatoms. The maximum atomic E-state index is 9.51. The molecule has 0 unspecified atom stereocenters. The van der Waals surface area contributed by atoms with E-state index in [0.717, 1.165) is 5.56 Å². The van der Waals surface area contributed by atoms with Gasteiger partial charge in [0.1, 0.15) is 23.1 Å². The minimum absolute atomic E-state index is 0.0503. The maximum absolute atomic E-state index is 9.51. The second-order valence-electron chi connectivity index (χ2n) is 4.97. The summed E-state index contributed by atoms with van der Waals surface area (Å²) >= 11 is 12.5. The first-order chi connectivity index (χ1) is 11.1. The smallest absolute Gasteiger partial charge is 0.205 e. The van der Waals surface area contributed by atoms with Gasteiger partial charge in [0.25, 0.3) is 0 Å². The first kappa shape index (κ1) is 15.5. The molecule has 0 saturated heterocycles. The predicted molar refractivity (Wildman–Crippen MR) is 88.8 cm³/mol. The highest BCUT2D eigenvalue weighted by Crippen LogP contribution is 2.46. The Bertz CT molecular complexity index is 856. The molecule has 2 aromatic carbocycles. The van der Waals surface area contributed by atoms with Crippen LogP contribution in [0, 0.1) is 11.3 Å². The molecule has 0 aliphatic carbocycles. The molecule has 23 heavy (non-hydrogen) atoms. The van der Waals surface area contributed by atoms with Crippen molar-refractivity contribution in [2.75, 3.05) is 7.11 Å². The molecule has 0 spiro atoms. The van der Waals surface area contributed by atoms with Crippen LogP contribution in [0.3, 0.4) is 0 Å². The third-order valence-electron chi connectivity index (χ3n) is 3.72. The number of nitrogens with zero attached hydrogens (tertiary/aromatic N) is 1. The van der Waals surface area contributed by atoms with Gasteiger partial charge in [0, 0.05) is 11.6 Å². The molecule has 1 aliphatic rings. The van der Waals surface area contributed by atoms with E-state index in [1.165, 1.54) is 0 Å². The molecule has 4 nitrogen and oxygen atoms in total. The number of nitriles is 1. The highest BCUT2D eigenvalue weighted by molar-refractivity contribution is 6.42. The van der Waals surface area contributed by atoms with Gasteiger partial charge in [-0.3, -0.25) is 0 Å². The molecule has 0 fully saturated rings. The van der Waals surface area contributed by atoms with Crippen LogP contribution in [0.2, 0.25) is 10.0 Å². The predicted octanol–water partition coefficient (Wildman–Crippen LogP) is 4.22. The fourth-order valence-electron chi connectivity index (χ4n) is 2.63. The van der Waals surface area contributed by atoms with Crippen molar-refractivity contribution in [2.45, 2.75) is 5.92 Å². The van der Waals surface area contributed by atoms with Crippen molar-refractivity contribution in [3.63, 3.8) is 0 Å². The van der Waals surface area contributed by atoms with Crippen molar-refractivity contribution in [1.82, 2.24) is 0 Å². The quantitative estimate of drug-likeness (QED) is 0.883. The van der Waals surface area contributed by atoms with Crippen LogP contribution in [0.1, 0.15) is 17.0 Å². The van der Waals surface area contributed by atoms with Gasteiger partial charge in [0.2, 0.25) is 5.88 Å². The maximum Gasteiger partial charge on any atom is 0.205 e. The number of hydrogen-bond acceptors (Lipinski definition) is 4. The van der Waals surface area contributed by atoms with Gasteiger partial charge in [0.15, 0.2) is 0 Å². The van der Waals surface area contributed by atoms with Crippen LogP contribution in [-0.4, -0.2) is 7.11 Å². The van der Waals surface area contributed by atoms with Gasteiger partial charge in [-0.15, -0.1) is 0 Å². The Kier molecular flexibility index (Phi) is 4.08. The summed E-state index contributed by atoms with van der Waals surface area (Å²) in [5, 5.41) is 10.3. The number of nitrogens with two attached hydrogens (primary N) is 1. The van der Waals surface area contributed by atoms with Gasteiger partial charge >= 0.3 is 0 Å². The van der Waals surface area contributed by atoms with Crippen LogP contribution in [0.4, 0.5) is 0 Å². The van der Waals surface area contributed by atoms with Gasteiger partial charge < -0.3 is 15.2 Å². The minimum atomic E-state index is -0.444. The Labute approximate surface area is 143 Å². The van der Waals surface area contributed by atoms with Gasteiger partial charge in [-0.1, -0.05) is 41.4 Å². The summed E-state index contributed by atoms with van der Waals surface area (Å²) in [4.78, 5) is 0. The van der Waals surface area contributed by atoms with Crippen molar-refractivity contribution in [2.24, 2.45) is 5.73 Å². The van der Waals surface area contributed by atoms with E-state index in [4.69, 9.17) is 38.4 Å². The van der Waals surface area contributed by atoms with Crippen molar-refractivity contribution >= 4 is 23.2 Å². The van der Waals surface area contributed by atoms with Crippen LogP contribution in [-0.2, 0) is 0 Å². The lowest BCUT2D eigenvalue weighted by atomic mass is 9.83. The molecule has 116 valence electrons. The number of benzene rings is 2. The summed E-state index contributed by atoms with van der Waals surface area (Å²) in [6, 6.07) is 12.8. The zero-order chi connectivity index (χ0) is 16.6. The van der Waals surface area contributed by atoms with E-state index in [-0.39, 0.29) is 5.88 Å². The van der Waals surface area contributed by atoms with E-state index >= 15 is 0 Å². The number of allylic oxidation sites excluding steroid dienone is 1. The highest BCUT2D eigenvalue weighted by atomic mass is 35.5. The standard InChI is InChI=1S/C17H12Cl2N2O2/c1-22-9-5-6-10-14(7-9)23-17(21)12(8-20)15(10)11-3-2-4-13(18)16(11)19/h2-7,15H,21H2,1H3/t15-/m1/s1. The van der Waals surface area contributed by atoms with Crippen molar-refractivity contribution in [3.8, 4) is 17.6 Å². The highest BCUT2D eigenvalue weighted by Gasteiger charge is 2.32. The van der Waals surface area contributed by atoms with E-state index in [1.807, 2.05) is 12.1 Å². The van der Waals surface area contributed by atoms with Crippen molar-refractivity contribution in [1.29, 1.82) is 5.26 Å². The topological polar surface area (TPSA) is 68.3 Å². The summed E-state index contributed by atoms with van der Waals surface area (Å²) in [6.07, 6.45) is 0. The van der Waals surface area contributed by atoms with E-state index in [2.05, 4.69) is 6.07 Å². The molecule has 3 rings (SSSR count). The number of ether oxygens (including phenoxy) is 2. The number of hydrogen-bond donors (Lipinski definition) is 1. The zero-order valence-corrected chi connectivity index (χ0v) is 13.7. The number of fused-ring (bicyclic) bond motifs is 1. The number of methoxy groups -OCH3 is 1. The Morgan fingerprint density at radius 2 is 2.00 bits per heavy atom. The van der Waals surface area contributed by atoms with Gasteiger partial charge in [-0.05, 0) is 17.7 Å². The minimum Gasteiger partial charge on any atom is -0.497 e. The van der Waals surface area contributed by atoms with E-state index in [9.17, 15) is 5.26 Å². The largest absolute Gasteiger partial charge is 0.497 e. The van der Waals surface area contributed by atoms with Crippen molar-refractivity contribution < 1.29 is 9.47 Å². The monoisotopic (exact) mass is 346 g/mol. The Balaban J connectivity index is 2.26. The first-order valence-corrected chi connectivity index (χ1v) is 7.51. The molecule has 0 saturated carbocycles. The van der Waals surface area contributed by atoms with E-state index < -0.39 is 5.92 Å². The van der Waals surface area contributed by atoms with Crippen molar-refractivity contribution in [3.05, 3.63) is 69.0 Å². The molecular weight excluding hydrogens is 335 g/mol. The second kappa shape index (κ2) is 6.04. The van der Waals surface area contributed by atoms with Crippen LogP contribution in [0.5, 0.6) is 11.5 Å². The lowest BCUT2D eigenvalue weighted by Gasteiger charge is -2.27. The third-order valence-corrected chi connectivity index (χ3v) is 4.55. The van der Waals surface area contributed by atoms with Gasteiger partial charge in [0.05, 0.1) is 23.1 Å². The molecule has 1 atom stereocenters. The molecule has 1 heterocycles. The molecule has 0 amide bonds. The number of halogens is 2. The fraction of sp³-hybridized carbons (Fsp3) is 0.118. The van der Waals surface area contributed by atoms with Gasteiger partial charge in [-0.2, -0.15) is 5.26 Å². The lowest BCUT2D eigenvalue weighted by Crippen LogP contribution is -2.21. The Morgan fingerprint density at radius 1 is 1.22 bits per heavy atom. The molecule has 0 radical (unpaired) electrons. The summed E-state index contributed by atoms with van der Waals surface area (Å²) in [5.74, 6) is 0.768. The summed E-state index contributed by atoms with van der Waals surface area (Å²) in [5.41, 5.74) is 7.71. The molecule has 2 aromatic rings. The molecule has 0 bridgehead atoms.